The predicted molar refractivity (Wildman–Crippen MR) is 198 cm³/mol. The van der Waals surface area contributed by atoms with Gasteiger partial charge in [0.2, 0.25) is 0 Å². The van der Waals surface area contributed by atoms with Crippen molar-refractivity contribution in [3.63, 3.8) is 0 Å². The summed E-state index contributed by atoms with van der Waals surface area (Å²) in [6.07, 6.45) is 0. The number of nitrogens with zero attached hydrogens (tertiary/aromatic N) is 5. The summed E-state index contributed by atoms with van der Waals surface area (Å²) in [5, 5.41) is 0. The van der Waals surface area contributed by atoms with Crippen molar-refractivity contribution in [1.29, 1.82) is 0 Å². The van der Waals surface area contributed by atoms with E-state index in [0.29, 0.717) is 39.9 Å². The third-order valence-corrected chi connectivity index (χ3v) is 7.59. The molecule has 0 fully saturated rings. The van der Waals surface area contributed by atoms with Gasteiger partial charge in [-0.15, -0.1) is 0 Å². The van der Waals surface area contributed by atoms with Gasteiger partial charge in [0.15, 0.2) is 0 Å². The molecule has 0 saturated heterocycles. The maximum Gasteiger partial charge on any atom is 0.320 e. The van der Waals surface area contributed by atoms with E-state index in [4.69, 9.17) is 39.6 Å². The number of esters is 4. The Bertz CT molecular complexity index is 1720. The first-order chi connectivity index (χ1) is 25.6. The number of carbonyl (C=O) groups is 4. The molecule has 0 unspecified atom stereocenters. The Morgan fingerprint density at radius 1 is 0.509 bits per heavy atom. The van der Waals surface area contributed by atoms with Crippen LogP contribution in [0.25, 0.3) is 33.9 Å². The van der Waals surface area contributed by atoms with E-state index in [1.54, 1.807) is 55.7 Å². The average molecular weight is 727 g/mol. The predicted octanol–water partition coefficient (Wildman–Crippen LogP) is 4.31. The number of carbonyl (C=O) groups excluding carboxylic acids is 4. The number of anilines is 1. The summed E-state index contributed by atoms with van der Waals surface area (Å²) in [6.45, 7) is 7.60. The van der Waals surface area contributed by atoms with Gasteiger partial charge in [0.05, 0.1) is 86.8 Å². The number of ether oxygens (including phenoxy) is 4. The van der Waals surface area contributed by atoms with Crippen molar-refractivity contribution in [2.75, 3.05) is 58.3 Å². The Labute approximate surface area is 309 Å². The molecule has 14 nitrogen and oxygen atoms in total. The topological polar surface area (TPSA) is 176 Å². The van der Waals surface area contributed by atoms with E-state index in [9.17, 15) is 19.2 Å². The first-order valence-electron chi connectivity index (χ1n) is 17.5. The second-order valence-corrected chi connectivity index (χ2v) is 11.8. The lowest BCUT2D eigenvalue weighted by Gasteiger charge is -2.20. The normalized spacial score (nSPS) is 11.0. The zero-order chi connectivity index (χ0) is 38.2. The fraction of sp³-hybridized carbons (Fsp3) is 0.359. The minimum atomic E-state index is -0.464. The summed E-state index contributed by atoms with van der Waals surface area (Å²) >= 11 is 0. The lowest BCUT2D eigenvalue weighted by Crippen LogP contribution is -2.36. The Kier molecular flexibility index (Phi) is 15.4. The van der Waals surface area contributed by atoms with Crippen molar-refractivity contribution in [3.05, 3.63) is 84.2 Å². The number of aromatic nitrogens is 3. The molecule has 3 aromatic heterocycles. The number of rotatable bonds is 19. The van der Waals surface area contributed by atoms with Crippen LogP contribution in [-0.4, -0.2) is 101 Å². The second kappa shape index (κ2) is 20.3. The van der Waals surface area contributed by atoms with Gasteiger partial charge in [-0.05, 0) is 87.4 Å². The van der Waals surface area contributed by atoms with E-state index in [0.717, 1.165) is 11.1 Å². The molecular formula is C39H46N6O8. The third kappa shape index (κ3) is 12.8. The van der Waals surface area contributed by atoms with E-state index < -0.39 is 23.9 Å². The maximum absolute atomic E-state index is 12.4. The van der Waals surface area contributed by atoms with Crippen LogP contribution in [-0.2, 0) is 51.2 Å². The molecule has 1 aromatic carbocycles. The van der Waals surface area contributed by atoms with E-state index in [1.165, 1.54) is 0 Å². The van der Waals surface area contributed by atoms with Crippen LogP contribution in [0, 0.1) is 0 Å². The van der Waals surface area contributed by atoms with Crippen molar-refractivity contribution >= 4 is 29.6 Å². The van der Waals surface area contributed by atoms with E-state index in [2.05, 4.69) is 0 Å². The minimum absolute atomic E-state index is 0.120. The fourth-order valence-electron chi connectivity index (χ4n) is 5.45. The van der Waals surface area contributed by atoms with Crippen molar-refractivity contribution in [2.24, 2.45) is 0 Å². The average Bonchev–Trinajstić information content (AvgIpc) is 3.12. The van der Waals surface area contributed by atoms with Crippen LogP contribution in [0.4, 0.5) is 5.69 Å². The van der Waals surface area contributed by atoms with Gasteiger partial charge in [0, 0.05) is 18.8 Å². The van der Waals surface area contributed by atoms with E-state index >= 15 is 0 Å². The number of hydrogen-bond acceptors (Lipinski definition) is 14. The van der Waals surface area contributed by atoms with Crippen LogP contribution < -0.4 is 5.73 Å². The molecule has 0 bridgehead atoms. The summed E-state index contributed by atoms with van der Waals surface area (Å²) in [5.74, 6) is -1.86. The van der Waals surface area contributed by atoms with Crippen molar-refractivity contribution in [1.82, 2.24) is 24.8 Å². The summed E-state index contributed by atoms with van der Waals surface area (Å²) < 4.78 is 20.5. The molecular weight excluding hydrogens is 680 g/mol. The molecule has 0 aliphatic heterocycles. The van der Waals surface area contributed by atoms with E-state index in [1.807, 2.05) is 54.6 Å². The standard InChI is InChI=1S/C39H46N6O8/c1-5-50-36(46)23-44(24-37(47)51-6-2)21-30-14-10-16-32(41-30)34-19-28(27-12-9-13-29(40)18-27)20-35(43-34)33-17-11-15-31(42-33)22-45(25-38(48)52-7-3)26-39(49)53-8-4/h9-20H,5-8,21-26,40H2,1-4H3. The molecule has 0 radical (unpaired) electrons. The quantitative estimate of drug-likeness (QED) is 0.0822. The lowest BCUT2D eigenvalue weighted by atomic mass is 10.0. The molecule has 0 spiro atoms. The van der Waals surface area contributed by atoms with Gasteiger partial charge in [0.25, 0.3) is 0 Å². The summed E-state index contributed by atoms with van der Waals surface area (Å²) in [6, 6.07) is 22.2. The smallest absolute Gasteiger partial charge is 0.320 e. The maximum atomic E-state index is 12.4. The van der Waals surface area contributed by atoms with Crippen LogP contribution in [0.1, 0.15) is 39.1 Å². The van der Waals surface area contributed by atoms with Crippen molar-refractivity contribution in [3.8, 4) is 33.9 Å². The van der Waals surface area contributed by atoms with Gasteiger partial charge in [-0.1, -0.05) is 24.3 Å². The first kappa shape index (κ1) is 40.0. The van der Waals surface area contributed by atoms with Crippen molar-refractivity contribution in [2.45, 2.75) is 40.8 Å². The molecule has 3 heterocycles. The fourth-order valence-corrected chi connectivity index (χ4v) is 5.45. The number of nitrogens with two attached hydrogens (primary N) is 1. The van der Waals surface area contributed by atoms with Crippen molar-refractivity contribution < 1.29 is 38.1 Å². The summed E-state index contributed by atoms with van der Waals surface area (Å²) in [4.78, 5) is 67.4. The van der Waals surface area contributed by atoms with Gasteiger partial charge in [-0.25, -0.2) is 15.0 Å². The molecule has 280 valence electrons. The van der Waals surface area contributed by atoms with E-state index in [-0.39, 0.29) is 65.7 Å². The molecule has 2 N–H and O–H groups in total. The molecule has 0 aliphatic carbocycles. The van der Waals surface area contributed by atoms with Crippen LogP contribution in [0.2, 0.25) is 0 Å². The second-order valence-electron chi connectivity index (χ2n) is 11.8. The van der Waals surface area contributed by atoms with Crippen LogP contribution in [0.3, 0.4) is 0 Å². The first-order valence-corrected chi connectivity index (χ1v) is 17.5. The number of pyridine rings is 3. The Morgan fingerprint density at radius 2 is 0.906 bits per heavy atom. The molecule has 4 rings (SSSR count). The lowest BCUT2D eigenvalue weighted by molar-refractivity contribution is -0.150. The van der Waals surface area contributed by atoms with Crippen LogP contribution in [0.15, 0.2) is 72.8 Å². The van der Waals surface area contributed by atoms with Gasteiger partial charge < -0.3 is 24.7 Å². The molecule has 53 heavy (non-hydrogen) atoms. The third-order valence-electron chi connectivity index (χ3n) is 7.59. The number of benzene rings is 1. The minimum Gasteiger partial charge on any atom is -0.465 e. The summed E-state index contributed by atoms with van der Waals surface area (Å²) in [7, 11) is 0. The highest BCUT2D eigenvalue weighted by atomic mass is 16.5. The highest BCUT2D eigenvalue weighted by Crippen LogP contribution is 2.30. The Balaban J connectivity index is 1.71. The Hall–Kier alpha value is -5.73. The zero-order valence-electron chi connectivity index (χ0n) is 30.6. The number of hydrogen-bond donors (Lipinski definition) is 1. The van der Waals surface area contributed by atoms with Gasteiger partial charge in [-0.3, -0.25) is 29.0 Å². The molecule has 0 aliphatic rings. The highest BCUT2D eigenvalue weighted by Gasteiger charge is 2.20. The highest BCUT2D eigenvalue weighted by molar-refractivity contribution is 5.77. The molecule has 4 aromatic rings. The van der Waals surface area contributed by atoms with Crippen LogP contribution >= 0.6 is 0 Å². The monoisotopic (exact) mass is 726 g/mol. The molecule has 0 atom stereocenters. The molecule has 14 heteroatoms. The molecule has 0 saturated carbocycles. The molecule has 0 amide bonds. The van der Waals surface area contributed by atoms with Gasteiger partial charge in [-0.2, -0.15) is 0 Å². The zero-order valence-corrected chi connectivity index (χ0v) is 30.6. The SMILES string of the molecule is CCOC(=O)CN(CC(=O)OCC)Cc1cccc(-c2cc(-c3cccc(N)c3)cc(-c3cccc(CN(CC(=O)OCC)CC(=O)OCC)n3)n2)n1. The van der Waals surface area contributed by atoms with Crippen LogP contribution in [0.5, 0.6) is 0 Å². The number of nitrogen functional groups attached to an aromatic ring is 1. The largest absolute Gasteiger partial charge is 0.465 e. The van der Waals surface area contributed by atoms with Gasteiger partial charge in [0.1, 0.15) is 0 Å². The van der Waals surface area contributed by atoms with Gasteiger partial charge >= 0.3 is 23.9 Å². The summed E-state index contributed by atoms with van der Waals surface area (Å²) in [5.41, 5.74) is 11.8. The Morgan fingerprint density at radius 3 is 1.28 bits per heavy atom.